The van der Waals surface area contributed by atoms with Crippen LogP contribution in [0.1, 0.15) is 13.8 Å². The van der Waals surface area contributed by atoms with E-state index in [1.165, 1.54) is 6.20 Å². The maximum absolute atomic E-state index is 12.9. The molecule has 5 rings (SSSR count). The molecule has 1 aliphatic heterocycles. The molecule has 0 bridgehead atoms. The van der Waals surface area contributed by atoms with E-state index in [4.69, 9.17) is 22.1 Å². The Kier molecular flexibility index (Phi) is 5.86. The predicted octanol–water partition coefficient (Wildman–Crippen LogP) is 5.84. The molecule has 1 aromatic carbocycles. The maximum atomic E-state index is 12.9. The average Bonchev–Trinajstić information content (AvgIpc) is 2.99. The van der Waals surface area contributed by atoms with Crippen molar-refractivity contribution in [2.75, 3.05) is 10.6 Å². The molecular formula is C27H24ClN5O2. The van der Waals surface area contributed by atoms with Crippen LogP contribution >= 0.6 is 11.6 Å². The number of aromatic nitrogens is 3. The lowest BCUT2D eigenvalue weighted by atomic mass is 9.86. The van der Waals surface area contributed by atoms with E-state index >= 15 is 0 Å². The largest absolute Gasteiger partial charge is 0.441 e. The lowest BCUT2D eigenvalue weighted by Gasteiger charge is -2.32. The standard InChI is InChI=1S/C27H24ClN5O2/c1-27(2)24(18-7-5-3-4-6-8-18)33(26(34)35-27)21-11-9-17(10-12-21)19-13-22(25(29)30-15-19)23-14-20(28)16-31-32-23/h3-16,18,24H,1-2H3,(H2,29,30)/t24-/m0/s1. The highest BCUT2D eigenvalue weighted by Crippen LogP contribution is 2.40. The summed E-state index contributed by atoms with van der Waals surface area (Å²) in [6.07, 6.45) is 15.0. The first-order valence-electron chi connectivity index (χ1n) is 11.2. The van der Waals surface area contributed by atoms with Crippen LogP contribution < -0.4 is 10.6 Å². The fourth-order valence-electron chi connectivity index (χ4n) is 4.58. The van der Waals surface area contributed by atoms with Crippen molar-refractivity contribution >= 4 is 29.2 Å². The molecule has 0 saturated carbocycles. The van der Waals surface area contributed by atoms with Gasteiger partial charge in [0.1, 0.15) is 11.4 Å². The highest BCUT2D eigenvalue weighted by Gasteiger charge is 2.50. The molecule has 2 N–H and O–H groups in total. The molecule has 0 radical (unpaired) electrons. The molecule has 2 aromatic heterocycles. The Morgan fingerprint density at radius 3 is 2.40 bits per heavy atom. The van der Waals surface area contributed by atoms with E-state index in [9.17, 15) is 4.79 Å². The topological polar surface area (TPSA) is 94.2 Å². The fraction of sp³-hybridized carbons (Fsp3) is 0.185. The highest BCUT2D eigenvalue weighted by molar-refractivity contribution is 6.30. The number of anilines is 2. The summed E-state index contributed by atoms with van der Waals surface area (Å²) in [7, 11) is 0. The Labute approximate surface area is 208 Å². The van der Waals surface area contributed by atoms with Gasteiger partial charge >= 0.3 is 6.09 Å². The number of carbonyl (C=O) groups excluding carboxylic acids is 1. The van der Waals surface area contributed by atoms with Crippen LogP contribution in [0.3, 0.4) is 0 Å². The summed E-state index contributed by atoms with van der Waals surface area (Å²) in [4.78, 5) is 19.0. The van der Waals surface area contributed by atoms with E-state index in [1.807, 2.05) is 68.5 Å². The molecule has 2 aliphatic rings. The van der Waals surface area contributed by atoms with Gasteiger partial charge in [0.2, 0.25) is 0 Å². The van der Waals surface area contributed by atoms with Gasteiger partial charge < -0.3 is 10.5 Å². The number of nitrogens with two attached hydrogens (primary N) is 1. The van der Waals surface area contributed by atoms with Gasteiger partial charge in [-0.05, 0) is 43.7 Å². The number of cyclic esters (lactones) is 1. The number of ether oxygens (including phenoxy) is 1. The summed E-state index contributed by atoms with van der Waals surface area (Å²) in [5.41, 5.74) is 9.16. The molecule has 3 aromatic rings. The van der Waals surface area contributed by atoms with Crippen molar-refractivity contribution in [2.24, 2.45) is 5.92 Å². The minimum absolute atomic E-state index is 0.00814. The summed E-state index contributed by atoms with van der Waals surface area (Å²) in [6.45, 7) is 3.90. The van der Waals surface area contributed by atoms with Gasteiger partial charge in [-0.2, -0.15) is 10.2 Å². The van der Waals surface area contributed by atoms with Crippen LogP contribution in [0.15, 0.2) is 85.2 Å². The van der Waals surface area contributed by atoms with Gasteiger partial charge in [-0.1, -0.05) is 60.2 Å². The van der Waals surface area contributed by atoms with Crippen molar-refractivity contribution in [2.45, 2.75) is 25.5 Å². The Bertz CT molecular complexity index is 1350. The SMILES string of the molecule is CC1(C)OC(=O)N(c2ccc(-c3cnc(N)c(-c4cc(Cl)cnn4)c3)cc2)[C@H]1C1C=CC=CC=C1. The number of carbonyl (C=O) groups is 1. The lowest BCUT2D eigenvalue weighted by Crippen LogP contribution is -2.46. The van der Waals surface area contributed by atoms with Crippen LogP contribution in [0, 0.1) is 5.92 Å². The minimum atomic E-state index is -0.660. The second-order valence-corrected chi connectivity index (χ2v) is 9.42. The molecule has 8 heteroatoms. The third-order valence-corrected chi connectivity index (χ3v) is 6.40. The van der Waals surface area contributed by atoms with Gasteiger partial charge in [0.05, 0.1) is 23.0 Å². The molecule has 1 amide bonds. The third kappa shape index (κ3) is 4.42. The van der Waals surface area contributed by atoms with Crippen molar-refractivity contribution < 1.29 is 9.53 Å². The zero-order valence-electron chi connectivity index (χ0n) is 19.3. The van der Waals surface area contributed by atoms with Crippen LogP contribution in [0.25, 0.3) is 22.4 Å². The molecule has 1 fully saturated rings. The number of nitrogen functional groups attached to an aromatic ring is 1. The van der Waals surface area contributed by atoms with Crippen LogP contribution in [0.4, 0.5) is 16.3 Å². The molecule has 1 saturated heterocycles. The first-order chi connectivity index (χ1) is 16.8. The first kappa shape index (κ1) is 22.8. The van der Waals surface area contributed by atoms with E-state index in [-0.39, 0.29) is 18.1 Å². The van der Waals surface area contributed by atoms with E-state index in [0.717, 1.165) is 16.8 Å². The van der Waals surface area contributed by atoms with E-state index in [1.54, 1.807) is 17.2 Å². The van der Waals surface area contributed by atoms with Crippen molar-refractivity contribution in [3.05, 3.63) is 90.3 Å². The number of hydrogen-bond donors (Lipinski definition) is 1. The van der Waals surface area contributed by atoms with Crippen molar-refractivity contribution in [3.63, 3.8) is 0 Å². The zero-order valence-corrected chi connectivity index (χ0v) is 20.1. The molecule has 1 atom stereocenters. The van der Waals surface area contributed by atoms with Crippen LogP contribution in [-0.4, -0.2) is 32.9 Å². The molecule has 7 nitrogen and oxygen atoms in total. The average molecular weight is 486 g/mol. The normalized spacial score (nSPS) is 19.1. The minimum Gasteiger partial charge on any atom is -0.441 e. The molecule has 35 heavy (non-hydrogen) atoms. The van der Waals surface area contributed by atoms with Crippen molar-refractivity contribution in [3.8, 4) is 22.4 Å². The summed E-state index contributed by atoms with van der Waals surface area (Å²) < 4.78 is 5.78. The first-order valence-corrected chi connectivity index (χ1v) is 11.6. The smallest absolute Gasteiger partial charge is 0.415 e. The number of amides is 1. The van der Waals surface area contributed by atoms with Crippen LogP contribution in [0.2, 0.25) is 5.02 Å². The van der Waals surface area contributed by atoms with E-state index in [2.05, 4.69) is 27.3 Å². The van der Waals surface area contributed by atoms with Crippen LogP contribution in [-0.2, 0) is 4.74 Å². The van der Waals surface area contributed by atoms with Crippen molar-refractivity contribution in [1.29, 1.82) is 0 Å². The highest BCUT2D eigenvalue weighted by atomic mass is 35.5. The number of rotatable bonds is 4. The summed E-state index contributed by atoms with van der Waals surface area (Å²) in [5, 5.41) is 8.49. The second kappa shape index (κ2) is 9.00. The molecule has 176 valence electrons. The third-order valence-electron chi connectivity index (χ3n) is 6.20. The molecule has 0 spiro atoms. The van der Waals surface area contributed by atoms with E-state index in [0.29, 0.717) is 22.1 Å². The van der Waals surface area contributed by atoms with Gasteiger partial charge in [-0.3, -0.25) is 4.90 Å². The number of nitrogens with zero attached hydrogens (tertiary/aromatic N) is 4. The number of benzene rings is 1. The molecule has 0 unspecified atom stereocenters. The Morgan fingerprint density at radius 2 is 1.71 bits per heavy atom. The summed E-state index contributed by atoms with van der Waals surface area (Å²) >= 11 is 6.07. The number of pyridine rings is 1. The van der Waals surface area contributed by atoms with Crippen LogP contribution in [0.5, 0.6) is 0 Å². The lowest BCUT2D eigenvalue weighted by molar-refractivity contribution is 0.0638. The second-order valence-electron chi connectivity index (χ2n) is 8.98. The summed E-state index contributed by atoms with van der Waals surface area (Å²) in [5.74, 6) is 0.347. The monoisotopic (exact) mass is 485 g/mol. The van der Waals surface area contributed by atoms with Gasteiger partial charge in [0, 0.05) is 28.9 Å². The maximum Gasteiger partial charge on any atom is 0.415 e. The molecular weight excluding hydrogens is 462 g/mol. The predicted molar refractivity (Wildman–Crippen MR) is 138 cm³/mol. The zero-order chi connectivity index (χ0) is 24.6. The number of hydrogen-bond acceptors (Lipinski definition) is 6. The van der Waals surface area contributed by atoms with E-state index < -0.39 is 5.60 Å². The van der Waals surface area contributed by atoms with Gasteiger partial charge in [0.15, 0.2) is 0 Å². The quantitative estimate of drug-likeness (QED) is 0.498. The summed E-state index contributed by atoms with van der Waals surface area (Å²) in [6, 6.07) is 11.1. The molecule has 3 heterocycles. The number of halogens is 1. The fourth-order valence-corrected chi connectivity index (χ4v) is 4.72. The van der Waals surface area contributed by atoms with Gasteiger partial charge in [0.25, 0.3) is 0 Å². The number of allylic oxidation sites excluding steroid dienone is 4. The van der Waals surface area contributed by atoms with Crippen molar-refractivity contribution in [1.82, 2.24) is 15.2 Å². The van der Waals surface area contributed by atoms with Gasteiger partial charge in [-0.15, -0.1) is 0 Å². The Morgan fingerprint density at radius 1 is 1.00 bits per heavy atom. The Hall–Kier alpha value is -3.97. The molecule has 1 aliphatic carbocycles. The Balaban J connectivity index is 1.48. The van der Waals surface area contributed by atoms with Gasteiger partial charge in [-0.25, -0.2) is 9.78 Å².